The largest absolute Gasteiger partial charge is 0.392 e. The number of benzene rings is 1. The highest BCUT2D eigenvalue weighted by molar-refractivity contribution is 5.44. The lowest BCUT2D eigenvalue weighted by Crippen LogP contribution is -2.28. The van der Waals surface area contributed by atoms with Crippen LogP contribution in [0.5, 0.6) is 0 Å². The van der Waals surface area contributed by atoms with Gasteiger partial charge in [-0.3, -0.25) is 0 Å². The maximum absolute atomic E-state index is 9.55. The van der Waals surface area contributed by atoms with Crippen LogP contribution in [0.4, 0.5) is 0 Å². The van der Waals surface area contributed by atoms with Gasteiger partial charge in [0, 0.05) is 12.6 Å². The monoisotopic (exact) mass is 275 g/mol. The highest BCUT2D eigenvalue weighted by atomic mass is 16.3. The number of nitrogens with one attached hydrogen (secondary N) is 1. The molecular weight excluding hydrogens is 246 g/mol. The van der Waals surface area contributed by atoms with Crippen molar-refractivity contribution in [1.82, 2.24) is 5.32 Å². The number of hydrogen-bond donors (Lipinski definition) is 2. The van der Waals surface area contributed by atoms with E-state index in [0.717, 1.165) is 12.1 Å². The number of aliphatic hydroxyl groups excluding tert-OH is 1. The predicted molar refractivity (Wildman–Crippen MR) is 84.9 cm³/mol. The Morgan fingerprint density at radius 1 is 1.00 bits per heavy atom. The van der Waals surface area contributed by atoms with E-state index in [1.165, 1.54) is 60.8 Å². The number of hydrogen-bond acceptors (Lipinski definition) is 2. The van der Waals surface area contributed by atoms with E-state index in [1.807, 2.05) is 0 Å². The molecular formula is C18H29NO. The van der Waals surface area contributed by atoms with Crippen LogP contribution in [0.2, 0.25) is 0 Å². The van der Waals surface area contributed by atoms with Crippen LogP contribution >= 0.6 is 0 Å². The van der Waals surface area contributed by atoms with E-state index in [4.69, 9.17) is 0 Å². The van der Waals surface area contributed by atoms with Crippen molar-refractivity contribution in [3.63, 3.8) is 0 Å². The minimum atomic E-state index is 0.147. The van der Waals surface area contributed by atoms with Crippen molar-refractivity contribution in [2.75, 3.05) is 0 Å². The Labute approximate surface area is 123 Å². The molecule has 0 aromatic heterocycles. The second kappa shape index (κ2) is 7.24. The molecule has 112 valence electrons. The Bertz CT molecular complexity index is 445. The summed E-state index contributed by atoms with van der Waals surface area (Å²) in [4.78, 5) is 0. The van der Waals surface area contributed by atoms with Gasteiger partial charge in [-0.25, -0.2) is 0 Å². The molecule has 0 spiro atoms. The van der Waals surface area contributed by atoms with Crippen LogP contribution in [-0.4, -0.2) is 11.1 Å². The highest BCUT2D eigenvalue weighted by Gasteiger charge is 2.14. The molecule has 0 heterocycles. The highest BCUT2D eigenvalue weighted by Crippen LogP contribution is 2.23. The predicted octanol–water partition coefficient (Wildman–Crippen LogP) is 3.92. The molecule has 1 aromatic rings. The molecule has 1 aliphatic carbocycles. The topological polar surface area (TPSA) is 32.3 Å². The Hall–Kier alpha value is -0.860. The summed E-state index contributed by atoms with van der Waals surface area (Å²) in [6, 6.07) is 2.89. The Morgan fingerprint density at radius 3 is 2.20 bits per heavy atom. The third-order valence-electron chi connectivity index (χ3n) is 4.87. The van der Waals surface area contributed by atoms with Gasteiger partial charge in [0.25, 0.3) is 0 Å². The van der Waals surface area contributed by atoms with E-state index < -0.39 is 0 Å². The minimum absolute atomic E-state index is 0.147. The molecule has 2 N–H and O–H groups in total. The van der Waals surface area contributed by atoms with E-state index in [2.05, 4.69) is 32.2 Å². The Kier molecular flexibility index (Phi) is 5.62. The first-order chi connectivity index (χ1) is 9.63. The van der Waals surface area contributed by atoms with Gasteiger partial charge in [0.2, 0.25) is 0 Å². The van der Waals surface area contributed by atoms with Crippen LogP contribution in [-0.2, 0) is 13.2 Å². The van der Waals surface area contributed by atoms with Crippen LogP contribution < -0.4 is 5.32 Å². The van der Waals surface area contributed by atoms with Gasteiger partial charge in [-0.05, 0) is 61.4 Å². The summed E-state index contributed by atoms with van der Waals surface area (Å²) in [5.74, 6) is 0. The molecule has 2 heteroatoms. The SMILES string of the molecule is Cc1cc(C)c(CNC2CCCCCC2)c(C)c1CO. The molecule has 2 nitrogen and oxygen atoms in total. The fraction of sp³-hybridized carbons (Fsp3) is 0.667. The Morgan fingerprint density at radius 2 is 1.60 bits per heavy atom. The van der Waals surface area contributed by atoms with E-state index >= 15 is 0 Å². The van der Waals surface area contributed by atoms with Gasteiger partial charge in [-0.2, -0.15) is 0 Å². The van der Waals surface area contributed by atoms with E-state index in [1.54, 1.807) is 0 Å². The molecule has 0 saturated heterocycles. The smallest absolute Gasteiger partial charge is 0.0687 e. The molecule has 0 unspecified atom stereocenters. The summed E-state index contributed by atoms with van der Waals surface area (Å²) < 4.78 is 0. The van der Waals surface area contributed by atoms with E-state index in [9.17, 15) is 5.11 Å². The molecule has 1 saturated carbocycles. The van der Waals surface area contributed by atoms with Crippen molar-refractivity contribution in [2.45, 2.75) is 78.5 Å². The second-order valence-electron chi connectivity index (χ2n) is 6.32. The molecule has 1 aliphatic rings. The third kappa shape index (κ3) is 3.62. The zero-order chi connectivity index (χ0) is 14.5. The van der Waals surface area contributed by atoms with Crippen LogP contribution in [0.25, 0.3) is 0 Å². The van der Waals surface area contributed by atoms with Crippen molar-refractivity contribution in [3.8, 4) is 0 Å². The van der Waals surface area contributed by atoms with Crippen molar-refractivity contribution < 1.29 is 5.11 Å². The molecule has 2 rings (SSSR count). The first kappa shape index (κ1) is 15.5. The van der Waals surface area contributed by atoms with Crippen LogP contribution in [0.1, 0.15) is 66.3 Å². The number of rotatable bonds is 4. The average molecular weight is 275 g/mol. The van der Waals surface area contributed by atoms with E-state index in [0.29, 0.717) is 6.04 Å². The summed E-state index contributed by atoms with van der Waals surface area (Å²) in [6.07, 6.45) is 8.16. The van der Waals surface area contributed by atoms with Gasteiger partial charge in [0.1, 0.15) is 0 Å². The van der Waals surface area contributed by atoms with Gasteiger partial charge in [-0.1, -0.05) is 31.7 Å². The maximum atomic E-state index is 9.55. The molecule has 0 bridgehead atoms. The van der Waals surface area contributed by atoms with Crippen LogP contribution in [0, 0.1) is 20.8 Å². The summed E-state index contributed by atoms with van der Waals surface area (Å²) in [6.45, 7) is 7.51. The zero-order valence-corrected chi connectivity index (χ0v) is 13.3. The lowest BCUT2D eigenvalue weighted by Gasteiger charge is -2.20. The maximum Gasteiger partial charge on any atom is 0.0687 e. The minimum Gasteiger partial charge on any atom is -0.392 e. The first-order valence-electron chi connectivity index (χ1n) is 8.06. The number of aryl methyl sites for hydroxylation is 2. The lowest BCUT2D eigenvalue weighted by atomic mass is 9.93. The van der Waals surface area contributed by atoms with Gasteiger partial charge < -0.3 is 10.4 Å². The molecule has 0 amide bonds. The van der Waals surface area contributed by atoms with Gasteiger partial charge in [-0.15, -0.1) is 0 Å². The zero-order valence-electron chi connectivity index (χ0n) is 13.3. The average Bonchev–Trinajstić information content (AvgIpc) is 2.67. The summed E-state index contributed by atoms with van der Waals surface area (Å²) in [5.41, 5.74) is 6.31. The molecule has 0 radical (unpaired) electrons. The van der Waals surface area contributed by atoms with Crippen molar-refractivity contribution in [1.29, 1.82) is 0 Å². The third-order valence-corrected chi connectivity index (χ3v) is 4.87. The molecule has 0 aliphatic heterocycles. The summed E-state index contributed by atoms with van der Waals surface area (Å²) >= 11 is 0. The summed E-state index contributed by atoms with van der Waals surface area (Å²) in [5, 5.41) is 13.3. The van der Waals surface area contributed by atoms with Crippen LogP contribution in [0.15, 0.2) is 6.07 Å². The molecule has 1 aromatic carbocycles. The second-order valence-corrected chi connectivity index (χ2v) is 6.32. The van der Waals surface area contributed by atoms with Crippen molar-refractivity contribution >= 4 is 0 Å². The fourth-order valence-electron chi connectivity index (χ4n) is 3.52. The normalized spacial score (nSPS) is 17.2. The quantitative estimate of drug-likeness (QED) is 0.816. The van der Waals surface area contributed by atoms with Gasteiger partial charge >= 0.3 is 0 Å². The van der Waals surface area contributed by atoms with Crippen LogP contribution in [0.3, 0.4) is 0 Å². The first-order valence-corrected chi connectivity index (χ1v) is 8.06. The summed E-state index contributed by atoms with van der Waals surface area (Å²) in [7, 11) is 0. The standard InChI is InChI=1S/C18H29NO/c1-13-10-14(2)18(12-20)15(3)17(13)11-19-16-8-6-4-5-7-9-16/h10,16,19-20H,4-9,11-12H2,1-3H3. The number of aliphatic hydroxyl groups is 1. The Balaban J connectivity index is 2.08. The van der Waals surface area contributed by atoms with Gasteiger partial charge in [0.05, 0.1) is 6.61 Å². The molecule has 20 heavy (non-hydrogen) atoms. The molecule has 0 atom stereocenters. The van der Waals surface area contributed by atoms with Crippen molar-refractivity contribution in [2.24, 2.45) is 0 Å². The lowest BCUT2D eigenvalue weighted by molar-refractivity contribution is 0.280. The van der Waals surface area contributed by atoms with Crippen molar-refractivity contribution in [3.05, 3.63) is 33.9 Å². The fourth-order valence-corrected chi connectivity index (χ4v) is 3.52. The van der Waals surface area contributed by atoms with E-state index in [-0.39, 0.29) is 6.61 Å². The van der Waals surface area contributed by atoms with Gasteiger partial charge in [0.15, 0.2) is 0 Å². The molecule has 1 fully saturated rings.